The lowest BCUT2D eigenvalue weighted by Crippen LogP contribution is -2.45. The van der Waals surface area contributed by atoms with Crippen LogP contribution in [0, 0.1) is 6.07 Å². The van der Waals surface area contributed by atoms with Gasteiger partial charge in [-0.15, -0.1) is 0 Å². The highest BCUT2D eigenvalue weighted by Gasteiger charge is 2.33. The van der Waals surface area contributed by atoms with Crippen LogP contribution in [-0.4, -0.2) is 47.3 Å². The number of hydrogen-bond donors (Lipinski definition) is 2. The molecule has 0 amide bonds. The molecule has 2 N–H and O–H groups in total. The maximum absolute atomic E-state index is 10.6. The molecule has 0 aliphatic heterocycles. The lowest BCUT2D eigenvalue weighted by atomic mass is 9.82. The van der Waals surface area contributed by atoms with Crippen molar-refractivity contribution in [1.82, 2.24) is 9.88 Å². The molecule has 1 aliphatic rings. The van der Waals surface area contributed by atoms with Gasteiger partial charge in [-0.3, -0.25) is 4.98 Å². The van der Waals surface area contributed by atoms with Gasteiger partial charge in [0.15, 0.2) is 0 Å². The van der Waals surface area contributed by atoms with Gasteiger partial charge in [-0.1, -0.05) is 0 Å². The van der Waals surface area contributed by atoms with Crippen LogP contribution in [-0.2, 0) is 0 Å². The third kappa shape index (κ3) is 3.57. The summed E-state index contributed by atoms with van der Waals surface area (Å²) in [6, 6.07) is 11.7. The number of rotatable bonds is 4. The minimum Gasteiger partial charge on any atom is -0.389 e. The maximum atomic E-state index is 10.6. The van der Waals surface area contributed by atoms with Crippen LogP contribution >= 0.6 is 0 Å². The maximum Gasteiger partial charge on any atom is 0.0775 e. The highest BCUT2D eigenvalue weighted by molar-refractivity contribution is 5.82. The highest BCUT2D eigenvalue weighted by Crippen LogP contribution is 2.31. The minimum atomic E-state index is -0.524. The molecule has 2 aromatic rings. The number of nitrogens with one attached hydrogen (secondary N) is 1. The molecule has 0 unspecified atom stereocenters. The average molecular weight is 298 g/mol. The number of benzene rings is 1. The Labute approximate surface area is 132 Å². The van der Waals surface area contributed by atoms with Gasteiger partial charge in [0, 0.05) is 35.9 Å². The van der Waals surface area contributed by atoms with Crippen molar-refractivity contribution < 1.29 is 5.11 Å². The molecule has 117 valence electrons. The first-order valence-corrected chi connectivity index (χ1v) is 7.94. The zero-order chi connectivity index (χ0) is 15.6. The van der Waals surface area contributed by atoms with E-state index in [0.29, 0.717) is 6.04 Å². The van der Waals surface area contributed by atoms with Crippen LogP contribution in [0.5, 0.6) is 0 Å². The molecule has 1 aromatic carbocycles. The molecule has 1 aromatic heterocycles. The second kappa shape index (κ2) is 6.23. The Morgan fingerprint density at radius 3 is 2.86 bits per heavy atom. The fourth-order valence-corrected chi connectivity index (χ4v) is 3.39. The molecule has 1 saturated carbocycles. The number of nitrogens with zero attached hydrogens (tertiary/aromatic N) is 2. The van der Waals surface area contributed by atoms with E-state index in [1.165, 1.54) is 0 Å². The SMILES string of the molecule is CN(C)CC1(O)CCC(Nc2ccc3nc[c]cc3c2)CC1. The van der Waals surface area contributed by atoms with Gasteiger partial charge in [-0.2, -0.15) is 0 Å². The van der Waals surface area contributed by atoms with Crippen molar-refractivity contribution in [3.63, 3.8) is 0 Å². The van der Waals surface area contributed by atoms with Gasteiger partial charge in [0.2, 0.25) is 0 Å². The van der Waals surface area contributed by atoms with Crippen LogP contribution in [0.3, 0.4) is 0 Å². The second-order valence-corrected chi connectivity index (χ2v) is 6.72. The van der Waals surface area contributed by atoms with Crippen molar-refractivity contribution in [3.8, 4) is 0 Å². The van der Waals surface area contributed by atoms with Crippen molar-refractivity contribution >= 4 is 16.6 Å². The Morgan fingerprint density at radius 1 is 1.36 bits per heavy atom. The number of aromatic nitrogens is 1. The number of fused-ring (bicyclic) bond motifs is 1. The van der Waals surface area contributed by atoms with Crippen LogP contribution in [0.25, 0.3) is 10.9 Å². The quantitative estimate of drug-likeness (QED) is 0.911. The van der Waals surface area contributed by atoms with E-state index in [4.69, 9.17) is 0 Å². The summed E-state index contributed by atoms with van der Waals surface area (Å²) in [5.41, 5.74) is 1.59. The van der Waals surface area contributed by atoms with Crippen LogP contribution < -0.4 is 5.32 Å². The Balaban J connectivity index is 1.62. The molecule has 1 aliphatic carbocycles. The van der Waals surface area contributed by atoms with E-state index in [9.17, 15) is 5.11 Å². The van der Waals surface area contributed by atoms with Crippen molar-refractivity contribution in [2.75, 3.05) is 26.0 Å². The molecule has 0 bridgehead atoms. The van der Waals surface area contributed by atoms with Gasteiger partial charge in [-0.05, 0) is 64.0 Å². The number of hydrogen-bond acceptors (Lipinski definition) is 4. The highest BCUT2D eigenvalue weighted by atomic mass is 16.3. The van der Waals surface area contributed by atoms with E-state index in [-0.39, 0.29) is 0 Å². The normalized spacial score (nSPS) is 25.5. The van der Waals surface area contributed by atoms with Crippen LogP contribution in [0.1, 0.15) is 25.7 Å². The molecule has 0 atom stereocenters. The molecule has 1 fully saturated rings. The molecule has 1 radical (unpaired) electrons. The summed E-state index contributed by atoms with van der Waals surface area (Å²) < 4.78 is 0. The third-order valence-corrected chi connectivity index (χ3v) is 4.44. The van der Waals surface area contributed by atoms with E-state index >= 15 is 0 Å². The summed E-state index contributed by atoms with van der Waals surface area (Å²) in [7, 11) is 4.03. The molecule has 0 saturated heterocycles. The van der Waals surface area contributed by atoms with Gasteiger partial charge >= 0.3 is 0 Å². The van der Waals surface area contributed by atoms with E-state index in [1.807, 2.05) is 26.2 Å². The minimum absolute atomic E-state index is 0.431. The van der Waals surface area contributed by atoms with E-state index in [2.05, 4.69) is 33.4 Å². The van der Waals surface area contributed by atoms with Gasteiger partial charge in [0.25, 0.3) is 0 Å². The standard InChI is InChI=1S/C18H24N3O/c1-21(2)13-18(22)9-7-15(8-10-18)20-16-5-6-17-14(12-16)4-3-11-19-17/h4-6,11-12,15,20,22H,7-10,13H2,1-2H3. The van der Waals surface area contributed by atoms with Gasteiger partial charge in [0.05, 0.1) is 11.1 Å². The Morgan fingerprint density at radius 2 is 2.14 bits per heavy atom. The lowest BCUT2D eigenvalue weighted by Gasteiger charge is -2.38. The zero-order valence-electron chi connectivity index (χ0n) is 13.3. The monoisotopic (exact) mass is 298 g/mol. The smallest absolute Gasteiger partial charge is 0.0775 e. The lowest BCUT2D eigenvalue weighted by molar-refractivity contribution is -0.0183. The van der Waals surface area contributed by atoms with E-state index in [1.54, 1.807) is 6.20 Å². The van der Waals surface area contributed by atoms with E-state index < -0.39 is 5.60 Å². The van der Waals surface area contributed by atoms with Gasteiger partial charge < -0.3 is 15.3 Å². The summed E-state index contributed by atoms with van der Waals surface area (Å²) >= 11 is 0. The molecule has 0 spiro atoms. The fourth-order valence-electron chi connectivity index (χ4n) is 3.39. The number of pyridine rings is 1. The van der Waals surface area contributed by atoms with Crippen molar-refractivity contribution in [3.05, 3.63) is 36.5 Å². The molecule has 22 heavy (non-hydrogen) atoms. The van der Waals surface area contributed by atoms with E-state index in [0.717, 1.165) is 48.8 Å². The zero-order valence-corrected chi connectivity index (χ0v) is 13.3. The molecule has 3 rings (SSSR count). The van der Waals surface area contributed by atoms with Gasteiger partial charge in [0.1, 0.15) is 0 Å². The third-order valence-electron chi connectivity index (χ3n) is 4.44. The van der Waals surface area contributed by atoms with Crippen molar-refractivity contribution in [1.29, 1.82) is 0 Å². The summed E-state index contributed by atoms with van der Waals surface area (Å²) in [6.45, 7) is 0.747. The topological polar surface area (TPSA) is 48.4 Å². The summed E-state index contributed by atoms with van der Waals surface area (Å²) in [4.78, 5) is 6.36. The molecular formula is C18H24N3O. The van der Waals surface area contributed by atoms with Crippen molar-refractivity contribution in [2.24, 2.45) is 0 Å². The van der Waals surface area contributed by atoms with Crippen LogP contribution in [0.15, 0.2) is 30.5 Å². The fraction of sp³-hybridized carbons (Fsp3) is 0.500. The first-order valence-electron chi connectivity index (χ1n) is 7.94. The molecule has 4 heteroatoms. The Bertz CT molecular complexity index is 633. The largest absolute Gasteiger partial charge is 0.389 e. The van der Waals surface area contributed by atoms with Crippen LogP contribution in [0.2, 0.25) is 0 Å². The predicted octanol–water partition coefficient (Wildman–Crippen LogP) is 2.68. The summed E-state index contributed by atoms with van der Waals surface area (Å²) in [5.74, 6) is 0. The first kappa shape index (κ1) is 15.3. The number of likely N-dealkylation sites (N-methyl/N-ethyl adjacent to an activating group) is 1. The van der Waals surface area contributed by atoms with Crippen molar-refractivity contribution in [2.45, 2.75) is 37.3 Å². The molecule has 1 heterocycles. The average Bonchev–Trinajstić information content (AvgIpc) is 2.49. The second-order valence-electron chi connectivity index (χ2n) is 6.72. The summed E-state index contributed by atoms with van der Waals surface area (Å²) in [6.07, 6.45) is 5.41. The Hall–Kier alpha value is -1.65. The Kier molecular flexibility index (Phi) is 4.32. The number of aliphatic hydroxyl groups is 1. The molecule has 4 nitrogen and oxygen atoms in total. The predicted molar refractivity (Wildman–Crippen MR) is 90.0 cm³/mol. The number of anilines is 1. The first-order chi connectivity index (χ1) is 10.5. The van der Waals surface area contributed by atoms with Gasteiger partial charge in [-0.25, -0.2) is 0 Å². The summed E-state index contributed by atoms with van der Waals surface area (Å²) in [5, 5.41) is 15.3. The molecular weight excluding hydrogens is 274 g/mol. The van der Waals surface area contributed by atoms with Crippen LogP contribution in [0.4, 0.5) is 5.69 Å².